The van der Waals surface area contributed by atoms with Crippen LogP contribution in [0.25, 0.3) is 11.5 Å². The van der Waals surface area contributed by atoms with Gasteiger partial charge in [0.1, 0.15) is 0 Å². The molecule has 2 heterocycles. The number of H-pyrrole nitrogens is 1. The maximum atomic E-state index is 13.4. The van der Waals surface area contributed by atoms with Gasteiger partial charge in [0.25, 0.3) is 0 Å². The van der Waals surface area contributed by atoms with Gasteiger partial charge in [0, 0.05) is 17.3 Å². The van der Waals surface area contributed by atoms with Crippen molar-refractivity contribution >= 4 is 5.69 Å². The smallest absolute Gasteiger partial charge is 0.388 e. The van der Waals surface area contributed by atoms with Crippen LogP contribution in [-0.4, -0.2) is 29.3 Å². The molecule has 1 aliphatic heterocycles. The van der Waals surface area contributed by atoms with Crippen LogP contribution in [0.4, 0.5) is 18.9 Å². The molecule has 2 fully saturated rings. The van der Waals surface area contributed by atoms with E-state index < -0.39 is 17.5 Å². The van der Waals surface area contributed by atoms with Crippen LogP contribution in [-0.2, 0) is 6.18 Å². The maximum Gasteiger partial charge on any atom is 0.434 e. The zero-order valence-corrected chi connectivity index (χ0v) is 13.9. The Balaban J connectivity index is 1.67. The Hall–Kier alpha value is -2.29. The van der Waals surface area contributed by atoms with Gasteiger partial charge < -0.3 is 15.1 Å². The van der Waals surface area contributed by atoms with Crippen LogP contribution in [0.1, 0.15) is 31.2 Å². The summed E-state index contributed by atoms with van der Waals surface area (Å²) in [5.41, 5.74) is -0.348. The molecule has 1 spiro atoms. The topological polar surface area (TPSA) is 83.0 Å². The lowest BCUT2D eigenvalue weighted by atomic mass is 9.59. The molecule has 0 amide bonds. The zero-order chi connectivity index (χ0) is 18.4. The van der Waals surface area contributed by atoms with Crippen molar-refractivity contribution in [2.45, 2.75) is 37.9 Å². The molecule has 1 saturated heterocycles. The minimum atomic E-state index is -4.47. The number of benzene rings is 1. The number of alkyl halides is 3. The summed E-state index contributed by atoms with van der Waals surface area (Å²) in [6.07, 6.45) is -0.682. The van der Waals surface area contributed by atoms with E-state index in [4.69, 9.17) is 4.42 Å². The number of aromatic amines is 1. The van der Waals surface area contributed by atoms with Crippen molar-refractivity contribution in [2.24, 2.45) is 5.41 Å². The molecule has 1 atom stereocenters. The minimum Gasteiger partial charge on any atom is -0.388 e. The number of hydrogen-bond acceptors (Lipinski definition) is 5. The second-order valence-corrected chi connectivity index (χ2v) is 7.02. The van der Waals surface area contributed by atoms with Crippen LogP contribution < -0.4 is 16.4 Å². The lowest BCUT2D eigenvalue weighted by Crippen LogP contribution is -2.54. The molecule has 4 rings (SSSR count). The first-order valence-electron chi connectivity index (χ1n) is 8.62. The predicted molar refractivity (Wildman–Crippen MR) is 88.7 cm³/mol. The standard InChI is InChI=1S/C17H19F3N4O2/c18-17(19,20)11-2-1-10(14-23-24-15(25)26-14)9-12(11)22-13-3-4-16(13)5-7-21-8-6-16/h1-2,9,13,21-22H,3-8H2,(H,24,25)/t13-/m0/s1. The number of nitrogens with zero attached hydrogens (tertiary/aromatic N) is 1. The summed E-state index contributed by atoms with van der Waals surface area (Å²) in [6.45, 7) is 1.78. The maximum absolute atomic E-state index is 13.4. The third-order valence-corrected chi connectivity index (χ3v) is 5.61. The molecule has 3 N–H and O–H groups in total. The molecule has 0 bridgehead atoms. The second-order valence-electron chi connectivity index (χ2n) is 7.02. The normalized spacial score (nSPS) is 22.2. The Kier molecular flexibility index (Phi) is 4.06. The van der Waals surface area contributed by atoms with Crippen LogP contribution in [0.15, 0.2) is 27.4 Å². The number of halogens is 3. The van der Waals surface area contributed by atoms with E-state index >= 15 is 0 Å². The number of piperidine rings is 1. The molecule has 9 heteroatoms. The van der Waals surface area contributed by atoms with Gasteiger partial charge in [-0.3, -0.25) is 0 Å². The van der Waals surface area contributed by atoms with E-state index in [1.165, 1.54) is 12.1 Å². The van der Waals surface area contributed by atoms with E-state index in [1.54, 1.807) is 0 Å². The van der Waals surface area contributed by atoms with Crippen LogP contribution in [0.5, 0.6) is 0 Å². The first-order valence-corrected chi connectivity index (χ1v) is 8.62. The minimum absolute atomic E-state index is 0.00302. The van der Waals surface area contributed by atoms with Gasteiger partial charge in [-0.15, -0.1) is 5.10 Å². The zero-order valence-electron chi connectivity index (χ0n) is 13.9. The number of rotatable bonds is 3. The first kappa shape index (κ1) is 17.1. The second kappa shape index (κ2) is 6.15. The fourth-order valence-corrected chi connectivity index (χ4v) is 4.03. The molecule has 1 aromatic heterocycles. The fraction of sp³-hybridized carbons (Fsp3) is 0.529. The van der Waals surface area contributed by atoms with Gasteiger partial charge in [0.2, 0.25) is 5.89 Å². The van der Waals surface area contributed by atoms with E-state index in [9.17, 15) is 18.0 Å². The van der Waals surface area contributed by atoms with Gasteiger partial charge in [-0.25, -0.2) is 9.89 Å². The van der Waals surface area contributed by atoms with Gasteiger partial charge in [0.05, 0.1) is 5.56 Å². The van der Waals surface area contributed by atoms with Crippen LogP contribution >= 0.6 is 0 Å². The molecule has 1 saturated carbocycles. The largest absolute Gasteiger partial charge is 0.434 e. The van der Waals surface area contributed by atoms with Crippen molar-refractivity contribution in [3.63, 3.8) is 0 Å². The van der Waals surface area contributed by atoms with Gasteiger partial charge >= 0.3 is 11.9 Å². The number of nitrogens with one attached hydrogen (secondary N) is 3. The molecular weight excluding hydrogens is 349 g/mol. The highest BCUT2D eigenvalue weighted by Crippen LogP contribution is 2.50. The molecule has 1 aliphatic carbocycles. The Morgan fingerprint density at radius 1 is 1.23 bits per heavy atom. The van der Waals surface area contributed by atoms with Crippen LogP contribution in [0, 0.1) is 5.41 Å². The fourth-order valence-electron chi connectivity index (χ4n) is 4.03. The molecule has 0 radical (unpaired) electrons. The molecule has 140 valence electrons. The Morgan fingerprint density at radius 2 is 2.00 bits per heavy atom. The van der Waals surface area contributed by atoms with Crippen molar-refractivity contribution in [2.75, 3.05) is 18.4 Å². The highest BCUT2D eigenvalue weighted by molar-refractivity contribution is 5.65. The molecule has 26 heavy (non-hydrogen) atoms. The summed E-state index contributed by atoms with van der Waals surface area (Å²) in [5, 5.41) is 12.2. The molecule has 2 aliphatic rings. The van der Waals surface area contributed by atoms with E-state index in [0.29, 0.717) is 5.56 Å². The first-order chi connectivity index (χ1) is 12.4. The Bertz CT molecular complexity index is 852. The van der Waals surface area contributed by atoms with Gasteiger partial charge in [-0.1, -0.05) is 0 Å². The molecule has 2 aromatic rings. The number of hydrogen-bond donors (Lipinski definition) is 3. The molecular formula is C17H19F3N4O2. The van der Waals surface area contributed by atoms with Crippen molar-refractivity contribution in [3.8, 4) is 11.5 Å². The third-order valence-electron chi connectivity index (χ3n) is 5.61. The van der Waals surface area contributed by atoms with E-state index in [1.807, 2.05) is 0 Å². The number of aromatic nitrogens is 2. The van der Waals surface area contributed by atoms with Crippen molar-refractivity contribution in [1.82, 2.24) is 15.5 Å². The average molecular weight is 368 g/mol. The monoisotopic (exact) mass is 368 g/mol. The lowest BCUT2D eigenvalue weighted by molar-refractivity contribution is -0.137. The summed E-state index contributed by atoms with van der Waals surface area (Å²) in [6, 6.07) is 3.62. The molecule has 1 aromatic carbocycles. The van der Waals surface area contributed by atoms with Crippen LogP contribution in [0.2, 0.25) is 0 Å². The Morgan fingerprint density at radius 3 is 2.58 bits per heavy atom. The van der Waals surface area contributed by atoms with Crippen molar-refractivity contribution in [1.29, 1.82) is 0 Å². The molecule has 0 unspecified atom stereocenters. The summed E-state index contributed by atoms with van der Waals surface area (Å²) >= 11 is 0. The summed E-state index contributed by atoms with van der Waals surface area (Å²) in [5.74, 6) is -0.779. The van der Waals surface area contributed by atoms with Gasteiger partial charge in [-0.05, 0) is 62.4 Å². The highest BCUT2D eigenvalue weighted by atomic mass is 19.4. The third kappa shape index (κ3) is 3.00. The van der Waals surface area contributed by atoms with Crippen molar-refractivity contribution < 1.29 is 17.6 Å². The average Bonchev–Trinajstić information content (AvgIpc) is 3.05. The van der Waals surface area contributed by atoms with E-state index in [-0.39, 0.29) is 23.0 Å². The van der Waals surface area contributed by atoms with Gasteiger partial charge in [-0.2, -0.15) is 13.2 Å². The van der Waals surface area contributed by atoms with E-state index in [0.717, 1.165) is 44.8 Å². The van der Waals surface area contributed by atoms with E-state index in [2.05, 4.69) is 20.8 Å². The highest BCUT2D eigenvalue weighted by Gasteiger charge is 2.47. The van der Waals surface area contributed by atoms with Crippen LogP contribution in [0.3, 0.4) is 0 Å². The quantitative estimate of drug-likeness (QED) is 0.776. The summed E-state index contributed by atoms with van der Waals surface area (Å²) in [7, 11) is 0. The molecule has 6 nitrogen and oxygen atoms in total. The Labute approximate surface area is 147 Å². The van der Waals surface area contributed by atoms with Gasteiger partial charge in [0.15, 0.2) is 0 Å². The summed E-state index contributed by atoms with van der Waals surface area (Å²) in [4.78, 5) is 11.1. The van der Waals surface area contributed by atoms with Crippen molar-refractivity contribution in [3.05, 3.63) is 34.3 Å². The SMILES string of the molecule is O=c1[nH]nc(-c2ccc(C(F)(F)F)c(N[C@H]3CCC34CCNCC4)c2)o1. The lowest BCUT2D eigenvalue weighted by Gasteiger charge is -2.53. The number of anilines is 1. The summed E-state index contributed by atoms with van der Waals surface area (Å²) < 4.78 is 45.2. The predicted octanol–water partition coefficient (Wildman–Crippen LogP) is 2.99.